The SMILES string of the molecule is CCC(C)(C)NC(=O)CN(C(=O)CNS(=O)(=O)c1ccccc1)c1ccc2c(c1)OCCO2. The third-order valence-corrected chi connectivity index (χ3v) is 6.69. The molecular formula is C23H29N3O6S. The number of nitrogens with zero attached hydrogens (tertiary/aromatic N) is 1. The summed E-state index contributed by atoms with van der Waals surface area (Å²) in [4.78, 5) is 27.1. The summed E-state index contributed by atoms with van der Waals surface area (Å²) in [6.07, 6.45) is 0.702. The van der Waals surface area contributed by atoms with Crippen molar-refractivity contribution in [2.75, 3.05) is 31.2 Å². The van der Waals surface area contributed by atoms with Gasteiger partial charge in [0.15, 0.2) is 11.5 Å². The van der Waals surface area contributed by atoms with Crippen LogP contribution in [0.15, 0.2) is 53.4 Å². The number of anilines is 1. The van der Waals surface area contributed by atoms with Crippen LogP contribution in [-0.4, -0.2) is 52.1 Å². The van der Waals surface area contributed by atoms with Gasteiger partial charge in [-0.3, -0.25) is 9.59 Å². The molecule has 2 N–H and O–H groups in total. The van der Waals surface area contributed by atoms with E-state index in [2.05, 4.69) is 10.0 Å². The molecule has 2 aromatic carbocycles. The van der Waals surface area contributed by atoms with E-state index < -0.39 is 28.0 Å². The highest BCUT2D eigenvalue weighted by atomic mass is 32.2. The third kappa shape index (κ3) is 6.45. The Morgan fingerprint density at radius 3 is 2.36 bits per heavy atom. The third-order valence-electron chi connectivity index (χ3n) is 5.27. The van der Waals surface area contributed by atoms with Crippen molar-refractivity contribution in [3.05, 3.63) is 48.5 Å². The van der Waals surface area contributed by atoms with Gasteiger partial charge in [0.2, 0.25) is 21.8 Å². The lowest BCUT2D eigenvalue weighted by molar-refractivity contribution is -0.124. The molecule has 0 spiro atoms. The molecule has 0 radical (unpaired) electrons. The van der Waals surface area contributed by atoms with E-state index in [1.54, 1.807) is 36.4 Å². The number of hydrogen-bond donors (Lipinski definition) is 2. The lowest BCUT2D eigenvalue weighted by atomic mass is 10.0. The zero-order chi connectivity index (χ0) is 24.1. The maximum Gasteiger partial charge on any atom is 0.242 e. The molecule has 1 aliphatic heterocycles. The molecule has 2 aromatic rings. The number of hydrogen-bond acceptors (Lipinski definition) is 6. The standard InChI is InChI=1S/C23H29N3O6S/c1-4-23(2,3)25-21(27)16-26(17-10-11-19-20(14-17)32-13-12-31-19)22(28)15-24-33(29,30)18-8-6-5-7-9-18/h5-11,14,24H,4,12-13,15-16H2,1-3H3,(H,25,27). The number of carbonyl (C=O) groups is 2. The van der Waals surface area contributed by atoms with Gasteiger partial charge in [-0.2, -0.15) is 0 Å². The highest BCUT2D eigenvalue weighted by molar-refractivity contribution is 7.89. The van der Waals surface area contributed by atoms with Crippen LogP contribution >= 0.6 is 0 Å². The Bertz CT molecular complexity index is 1100. The first-order valence-electron chi connectivity index (χ1n) is 10.7. The molecule has 10 heteroatoms. The maximum atomic E-state index is 13.1. The van der Waals surface area contributed by atoms with Crippen molar-refractivity contribution in [2.45, 2.75) is 37.6 Å². The van der Waals surface area contributed by atoms with Gasteiger partial charge in [-0.15, -0.1) is 0 Å². The van der Waals surface area contributed by atoms with E-state index in [1.165, 1.54) is 17.0 Å². The molecule has 0 aliphatic carbocycles. The van der Waals surface area contributed by atoms with Gasteiger partial charge in [0, 0.05) is 17.3 Å². The Hall–Kier alpha value is -3.11. The molecule has 1 heterocycles. The number of fused-ring (bicyclic) bond motifs is 1. The van der Waals surface area contributed by atoms with Crippen molar-refractivity contribution in [3.63, 3.8) is 0 Å². The minimum atomic E-state index is -3.89. The molecule has 2 amide bonds. The van der Waals surface area contributed by atoms with Crippen LogP contribution < -0.4 is 24.4 Å². The minimum Gasteiger partial charge on any atom is -0.486 e. The number of carbonyl (C=O) groups excluding carboxylic acids is 2. The monoisotopic (exact) mass is 475 g/mol. The lowest BCUT2D eigenvalue weighted by Crippen LogP contribution is -2.50. The summed E-state index contributed by atoms with van der Waals surface area (Å²) in [5, 5.41) is 2.89. The van der Waals surface area contributed by atoms with Crippen LogP contribution in [0.5, 0.6) is 11.5 Å². The van der Waals surface area contributed by atoms with Gasteiger partial charge < -0.3 is 19.7 Å². The van der Waals surface area contributed by atoms with Gasteiger partial charge in [0.1, 0.15) is 19.8 Å². The number of benzene rings is 2. The molecule has 0 atom stereocenters. The van der Waals surface area contributed by atoms with Gasteiger partial charge in [0.25, 0.3) is 0 Å². The van der Waals surface area contributed by atoms with Crippen molar-refractivity contribution in [1.82, 2.24) is 10.0 Å². The van der Waals surface area contributed by atoms with E-state index in [0.717, 1.165) is 0 Å². The molecule has 0 aromatic heterocycles. The predicted molar refractivity (Wildman–Crippen MR) is 124 cm³/mol. The molecule has 0 bridgehead atoms. The van der Waals surface area contributed by atoms with Crippen molar-refractivity contribution in [2.24, 2.45) is 0 Å². The zero-order valence-corrected chi connectivity index (χ0v) is 19.8. The fourth-order valence-electron chi connectivity index (χ4n) is 3.11. The van der Waals surface area contributed by atoms with E-state index in [9.17, 15) is 18.0 Å². The molecule has 178 valence electrons. The Morgan fingerprint density at radius 2 is 1.70 bits per heavy atom. The molecule has 0 fully saturated rings. The number of amides is 2. The summed E-state index contributed by atoms with van der Waals surface area (Å²) < 4.78 is 38.5. The van der Waals surface area contributed by atoms with Crippen molar-refractivity contribution < 1.29 is 27.5 Å². The fraction of sp³-hybridized carbons (Fsp3) is 0.391. The van der Waals surface area contributed by atoms with Gasteiger partial charge in [-0.1, -0.05) is 25.1 Å². The molecule has 0 saturated heterocycles. The van der Waals surface area contributed by atoms with Gasteiger partial charge >= 0.3 is 0 Å². The van der Waals surface area contributed by atoms with Crippen molar-refractivity contribution >= 4 is 27.5 Å². The Morgan fingerprint density at radius 1 is 1.03 bits per heavy atom. The van der Waals surface area contributed by atoms with Crippen LogP contribution in [0.4, 0.5) is 5.69 Å². The summed E-state index contributed by atoms with van der Waals surface area (Å²) in [5.74, 6) is 0.0427. The molecule has 0 unspecified atom stereocenters. The number of nitrogens with one attached hydrogen (secondary N) is 2. The first-order valence-corrected chi connectivity index (χ1v) is 12.2. The predicted octanol–water partition coefficient (Wildman–Crippen LogP) is 2.07. The summed E-state index contributed by atoms with van der Waals surface area (Å²) in [5.41, 5.74) is -0.0550. The van der Waals surface area contributed by atoms with Gasteiger partial charge in [-0.05, 0) is 44.5 Å². The van der Waals surface area contributed by atoms with Crippen LogP contribution in [-0.2, 0) is 19.6 Å². The smallest absolute Gasteiger partial charge is 0.242 e. The summed E-state index contributed by atoms with van der Waals surface area (Å²) >= 11 is 0. The normalized spacial score (nSPS) is 13.3. The molecular weight excluding hydrogens is 446 g/mol. The van der Waals surface area contributed by atoms with Crippen LogP contribution in [0.1, 0.15) is 27.2 Å². The number of ether oxygens (including phenoxy) is 2. The fourth-order valence-corrected chi connectivity index (χ4v) is 4.10. The van der Waals surface area contributed by atoms with Crippen molar-refractivity contribution in [1.29, 1.82) is 0 Å². The van der Waals surface area contributed by atoms with Crippen LogP contribution in [0.3, 0.4) is 0 Å². The first kappa shape index (κ1) is 24.5. The average molecular weight is 476 g/mol. The van der Waals surface area contributed by atoms with Gasteiger partial charge in [-0.25, -0.2) is 13.1 Å². The summed E-state index contributed by atoms with van der Waals surface area (Å²) in [6, 6.07) is 12.7. The van der Waals surface area contributed by atoms with E-state index in [1.807, 2.05) is 20.8 Å². The van der Waals surface area contributed by atoms with Crippen molar-refractivity contribution in [3.8, 4) is 11.5 Å². The highest BCUT2D eigenvalue weighted by Gasteiger charge is 2.26. The zero-order valence-electron chi connectivity index (χ0n) is 19.0. The molecule has 9 nitrogen and oxygen atoms in total. The first-order chi connectivity index (χ1) is 15.6. The molecule has 0 saturated carbocycles. The number of rotatable bonds is 9. The van der Waals surface area contributed by atoms with E-state index in [-0.39, 0.29) is 17.3 Å². The summed E-state index contributed by atoms with van der Waals surface area (Å²) in [6.45, 7) is 5.70. The van der Waals surface area contributed by atoms with E-state index in [0.29, 0.717) is 36.8 Å². The Labute approximate surface area is 194 Å². The largest absolute Gasteiger partial charge is 0.486 e. The van der Waals surface area contributed by atoms with E-state index >= 15 is 0 Å². The quantitative estimate of drug-likeness (QED) is 0.574. The molecule has 33 heavy (non-hydrogen) atoms. The molecule has 1 aliphatic rings. The minimum absolute atomic E-state index is 0.0473. The second kappa shape index (κ2) is 10.2. The van der Waals surface area contributed by atoms with Crippen LogP contribution in [0.2, 0.25) is 0 Å². The van der Waals surface area contributed by atoms with Crippen LogP contribution in [0.25, 0.3) is 0 Å². The summed E-state index contributed by atoms with van der Waals surface area (Å²) in [7, 11) is -3.89. The average Bonchev–Trinajstić information content (AvgIpc) is 2.81. The molecule has 3 rings (SSSR count). The Kier molecular flexibility index (Phi) is 7.60. The number of sulfonamides is 1. The maximum absolute atomic E-state index is 13.1. The highest BCUT2D eigenvalue weighted by Crippen LogP contribution is 2.34. The lowest BCUT2D eigenvalue weighted by Gasteiger charge is -2.28. The second-order valence-corrected chi connectivity index (χ2v) is 10.00. The van der Waals surface area contributed by atoms with Gasteiger partial charge in [0.05, 0.1) is 11.4 Å². The van der Waals surface area contributed by atoms with E-state index in [4.69, 9.17) is 9.47 Å². The van der Waals surface area contributed by atoms with Crippen LogP contribution in [0, 0.1) is 0 Å². The topological polar surface area (TPSA) is 114 Å². The Balaban J connectivity index is 1.81. The second-order valence-electron chi connectivity index (χ2n) is 8.23.